The second kappa shape index (κ2) is 7.58. The van der Waals surface area contributed by atoms with Crippen LogP contribution >= 0.6 is 0 Å². The number of benzene rings is 2. The van der Waals surface area contributed by atoms with Crippen molar-refractivity contribution in [3.05, 3.63) is 77.9 Å². The highest BCUT2D eigenvalue weighted by Gasteiger charge is 2.36. The summed E-state index contributed by atoms with van der Waals surface area (Å²) in [6.07, 6.45) is 8.13. The third-order valence-corrected chi connectivity index (χ3v) is 4.68. The number of hydrogen-bond donors (Lipinski definition) is 2. The Morgan fingerprint density at radius 3 is 2.43 bits per heavy atom. The summed E-state index contributed by atoms with van der Waals surface area (Å²) in [4.78, 5) is 0. The second-order valence-corrected chi connectivity index (χ2v) is 6.40. The third kappa shape index (κ3) is 4.31. The van der Waals surface area contributed by atoms with E-state index in [0.717, 1.165) is 31.4 Å². The summed E-state index contributed by atoms with van der Waals surface area (Å²) < 4.78 is 0. The number of nitrogens with one attached hydrogen (secondary N) is 1. The van der Waals surface area contributed by atoms with Gasteiger partial charge in [-0.1, -0.05) is 85.7 Å². The van der Waals surface area contributed by atoms with Crippen molar-refractivity contribution >= 4 is 6.08 Å². The molecule has 1 saturated carbocycles. The molecule has 0 bridgehead atoms. The van der Waals surface area contributed by atoms with Gasteiger partial charge in [-0.2, -0.15) is 0 Å². The minimum Gasteiger partial charge on any atom is -0.384 e. The molecule has 2 N–H and O–H groups in total. The van der Waals surface area contributed by atoms with Crippen LogP contribution in [0.2, 0.25) is 0 Å². The van der Waals surface area contributed by atoms with Crippen LogP contribution in [0.25, 0.3) is 6.08 Å². The Bertz CT molecular complexity index is 623. The lowest BCUT2D eigenvalue weighted by Crippen LogP contribution is -2.51. The van der Waals surface area contributed by atoms with Gasteiger partial charge in [-0.05, 0) is 24.0 Å². The third-order valence-electron chi connectivity index (χ3n) is 4.68. The summed E-state index contributed by atoms with van der Waals surface area (Å²) in [5.74, 6) is 0. The smallest absolute Gasteiger partial charge is 0.0983 e. The first-order valence-corrected chi connectivity index (χ1v) is 8.50. The summed E-state index contributed by atoms with van der Waals surface area (Å²) in [5.41, 5.74) is 1.63. The lowest BCUT2D eigenvalue weighted by Gasteiger charge is -2.38. The maximum atomic E-state index is 11.1. The Morgan fingerprint density at radius 2 is 1.70 bits per heavy atom. The summed E-state index contributed by atoms with van der Waals surface area (Å²) >= 11 is 0. The highest BCUT2D eigenvalue weighted by atomic mass is 16.3. The van der Waals surface area contributed by atoms with Crippen LogP contribution in [-0.4, -0.2) is 16.7 Å². The summed E-state index contributed by atoms with van der Waals surface area (Å²) in [6, 6.07) is 20.7. The Kier molecular flexibility index (Phi) is 5.27. The molecule has 0 radical (unpaired) electrons. The van der Waals surface area contributed by atoms with Crippen LogP contribution in [0.15, 0.2) is 66.7 Å². The van der Waals surface area contributed by atoms with Gasteiger partial charge in [0, 0.05) is 12.6 Å². The molecule has 0 spiro atoms. The zero-order valence-electron chi connectivity index (χ0n) is 13.5. The van der Waals surface area contributed by atoms with E-state index in [9.17, 15) is 5.11 Å². The van der Waals surface area contributed by atoms with Gasteiger partial charge in [0.1, 0.15) is 0 Å². The summed E-state index contributed by atoms with van der Waals surface area (Å²) in [7, 11) is 0. The largest absolute Gasteiger partial charge is 0.384 e. The Labute approximate surface area is 138 Å². The molecule has 1 aliphatic rings. The van der Waals surface area contributed by atoms with Crippen LogP contribution in [0.5, 0.6) is 0 Å². The van der Waals surface area contributed by atoms with Gasteiger partial charge in [-0.25, -0.2) is 0 Å². The van der Waals surface area contributed by atoms with E-state index in [1.807, 2.05) is 36.4 Å². The second-order valence-electron chi connectivity index (χ2n) is 6.40. The Hall–Kier alpha value is -1.90. The molecule has 23 heavy (non-hydrogen) atoms. The zero-order chi connectivity index (χ0) is 16.0. The van der Waals surface area contributed by atoms with Crippen molar-refractivity contribution in [3.63, 3.8) is 0 Å². The molecule has 1 aliphatic carbocycles. The van der Waals surface area contributed by atoms with Gasteiger partial charge < -0.3 is 10.4 Å². The molecule has 0 heterocycles. The molecule has 2 heteroatoms. The fourth-order valence-electron chi connectivity index (χ4n) is 3.30. The van der Waals surface area contributed by atoms with E-state index in [-0.39, 0.29) is 6.04 Å². The predicted molar refractivity (Wildman–Crippen MR) is 96.0 cm³/mol. The Balaban J connectivity index is 1.68. The van der Waals surface area contributed by atoms with Crippen molar-refractivity contribution in [1.29, 1.82) is 0 Å². The number of rotatable bonds is 5. The summed E-state index contributed by atoms with van der Waals surface area (Å²) in [5, 5.41) is 14.7. The SMILES string of the molecule is O[C@@]1(/C=C/c2ccccc2)CCCC[C@@H]1NCc1ccccc1. The van der Waals surface area contributed by atoms with Gasteiger partial charge in [-0.3, -0.25) is 0 Å². The summed E-state index contributed by atoms with van der Waals surface area (Å²) in [6.45, 7) is 0.799. The minimum atomic E-state index is -0.761. The first-order valence-electron chi connectivity index (χ1n) is 8.50. The molecule has 2 aromatic rings. The van der Waals surface area contributed by atoms with Crippen molar-refractivity contribution in [1.82, 2.24) is 5.32 Å². The number of hydrogen-bond acceptors (Lipinski definition) is 2. The molecule has 120 valence electrons. The lowest BCUT2D eigenvalue weighted by molar-refractivity contribution is 0.0171. The predicted octanol–water partition coefficient (Wildman–Crippen LogP) is 4.16. The van der Waals surface area contributed by atoms with Gasteiger partial charge in [-0.15, -0.1) is 0 Å². The van der Waals surface area contributed by atoms with Crippen LogP contribution in [0.3, 0.4) is 0 Å². The number of aliphatic hydroxyl groups is 1. The minimum absolute atomic E-state index is 0.108. The molecular formula is C21H25NO. The van der Waals surface area contributed by atoms with Gasteiger partial charge in [0.2, 0.25) is 0 Å². The van der Waals surface area contributed by atoms with Gasteiger partial charge in [0.25, 0.3) is 0 Å². The van der Waals surface area contributed by atoms with Gasteiger partial charge in [0.15, 0.2) is 0 Å². The quantitative estimate of drug-likeness (QED) is 0.869. The molecular weight excluding hydrogens is 282 g/mol. The van der Waals surface area contributed by atoms with E-state index in [2.05, 4.69) is 41.7 Å². The monoisotopic (exact) mass is 307 g/mol. The molecule has 2 atom stereocenters. The molecule has 2 aromatic carbocycles. The molecule has 1 fully saturated rings. The highest BCUT2D eigenvalue weighted by Crippen LogP contribution is 2.30. The van der Waals surface area contributed by atoms with Crippen molar-refractivity contribution in [2.24, 2.45) is 0 Å². The zero-order valence-corrected chi connectivity index (χ0v) is 13.5. The van der Waals surface area contributed by atoms with Crippen molar-refractivity contribution in [2.75, 3.05) is 0 Å². The topological polar surface area (TPSA) is 32.3 Å². The fraction of sp³-hybridized carbons (Fsp3) is 0.333. The van der Waals surface area contributed by atoms with Crippen LogP contribution < -0.4 is 5.32 Å². The van der Waals surface area contributed by atoms with E-state index in [0.29, 0.717) is 0 Å². The lowest BCUT2D eigenvalue weighted by atomic mass is 9.79. The first-order chi connectivity index (χ1) is 11.3. The van der Waals surface area contributed by atoms with Crippen molar-refractivity contribution in [3.8, 4) is 0 Å². The fourth-order valence-corrected chi connectivity index (χ4v) is 3.30. The molecule has 0 aromatic heterocycles. The van der Waals surface area contributed by atoms with Crippen LogP contribution in [0.4, 0.5) is 0 Å². The average molecular weight is 307 g/mol. The molecule has 0 aliphatic heterocycles. The van der Waals surface area contributed by atoms with E-state index < -0.39 is 5.60 Å². The van der Waals surface area contributed by atoms with Crippen LogP contribution in [-0.2, 0) is 6.54 Å². The maximum Gasteiger partial charge on any atom is 0.0983 e. The van der Waals surface area contributed by atoms with E-state index in [1.165, 1.54) is 12.0 Å². The van der Waals surface area contributed by atoms with Crippen LogP contribution in [0.1, 0.15) is 36.8 Å². The van der Waals surface area contributed by atoms with Crippen molar-refractivity contribution in [2.45, 2.75) is 43.9 Å². The molecule has 3 rings (SSSR count). The first kappa shape index (κ1) is 16.0. The molecule has 0 saturated heterocycles. The van der Waals surface area contributed by atoms with Crippen LogP contribution in [0, 0.1) is 0 Å². The molecule has 0 amide bonds. The standard InChI is InChI=1S/C21H25NO/c23-21(16-14-18-9-3-1-4-10-18)15-8-7-13-20(21)22-17-19-11-5-2-6-12-19/h1-6,9-12,14,16,20,22-23H,7-8,13,15,17H2/b16-14+/t20-,21+/m0/s1. The maximum absolute atomic E-state index is 11.1. The Morgan fingerprint density at radius 1 is 1.00 bits per heavy atom. The molecule has 0 unspecified atom stereocenters. The molecule has 2 nitrogen and oxygen atoms in total. The van der Waals surface area contributed by atoms with Gasteiger partial charge >= 0.3 is 0 Å². The van der Waals surface area contributed by atoms with E-state index in [1.54, 1.807) is 0 Å². The van der Waals surface area contributed by atoms with Crippen molar-refractivity contribution < 1.29 is 5.11 Å². The normalized spacial score (nSPS) is 24.8. The highest BCUT2D eigenvalue weighted by molar-refractivity contribution is 5.50. The van der Waals surface area contributed by atoms with E-state index >= 15 is 0 Å². The van der Waals surface area contributed by atoms with E-state index in [4.69, 9.17) is 0 Å². The van der Waals surface area contributed by atoms with Gasteiger partial charge in [0.05, 0.1) is 5.60 Å². The average Bonchev–Trinajstić information content (AvgIpc) is 2.61.